The smallest absolute Gasteiger partial charge is 0.236 e. The minimum absolute atomic E-state index is 1.08. The van der Waals surface area contributed by atoms with Crippen LogP contribution < -0.4 is 4.57 Å². The van der Waals surface area contributed by atoms with Gasteiger partial charge in [-0.15, -0.1) is 0 Å². The van der Waals surface area contributed by atoms with Gasteiger partial charge in [0, 0.05) is 5.56 Å². The highest BCUT2D eigenvalue weighted by Crippen LogP contribution is 2.22. The molecule has 1 N–H and O–H groups in total. The third-order valence-corrected chi connectivity index (χ3v) is 3.92. The zero-order chi connectivity index (χ0) is 15.5. The second-order valence-corrected chi connectivity index (χ2v) is 5.45. The first-order chi connectivity index (χ1) is 11.4. The van der Waals surface area contributed by atoms with Crippen LogP contribution in [-0.2, 0) is 0 Å². The van der Waals surface area contributed by atoms with Crippen molar-refractivity contribution in [3.8, 4) is 28.3 Å². The molecule has 2 heteroatoms. The molecular weight excluding hydrogens is 280 g/mol. The number of hydrogen-bond donors (Lipinski definition) is 1. The van der Waals surface area contributed by atoms with Crippen LogP contribution in [-0.4, -0.2) is 4.98 Å². The van der Waals surface area contributed by atoms with Gasteiger partial charge in [-0.05, 0) is 24.3 Å². The quantitative estimate of drug-likeness (QED) is 0.532. The summed E-state index contributed by atoms with van der Waals surface area (Å²) in [6.45, 7) is 0. The van der Waals surface area contributed by atoms with Crippen LogP contribution in [0, 0.1) is 0 Å². The molecule has 0 aliphatic rings. The SMILES string of the molecule is c1ccc(-c2c[n+](-c3ccccc3)c(-c3ccccc3)[nH]2)cc1. The number of hydrogen-bond acceptors (Lipinski definition) is 0. The monoisotopic (exact) mass is 297 g/mol. The molecule has 0 unspecified atom stereocenters. The molecule has 0 saturated heterocycles. The third kappa shape index (κ3) is 2.67. The van der Waals surface area contributed by atoms with Crippen molar-refractivity contribution in [2.45, 2.75) is 0 Å². The molecule has 4 aromatic rings. The van der Waals surface area contributed by atoms with Crippen LogP contribution in [0.1, 0.15) is 0 Å². The summed E-state index contributed by atoms with van der Waals surface area (Å²) in [6.07, 6.45) is 2.16. The number of aromatic amines is 1. The molecule has 0 bridgehead atoms. The number of benzene rings is 3. The maximum absolute atomic E-state index is 3.58. The van der Waals surface area contributed by atoms with Crippen LogP contribution in [0.3, 0.4) is 0 Å². The van der Waals surface area contributed by atoms with Gasteiger partial charge < -0.3 is 0 Å². The van der Waals surface area contributed by atoms with Crippen molar-refractivity contribution in [3.05, 3.63) is 97.2 Å². The molecule has 3 aromatic carbocycles. The van der Waals surface area contributed by atoms with Crippen LogP contribution in [0.25, 0.3) is 28.3 Å². The van der Waals surface area contributed by atoms with Crippen molar-refractivity contribution < 1.29 is 4.57 Å². The second-order valence-electron chi connectivity index (χ2n) is 5.45. The van der Waals surface area contributed by atoms with E-state index in [4.69, 9.17) is 0 Å². The number of rotatable bonds is 3. The molecule has 1 aromatic heterocycles. The summed E-state index contributed by atoms with van der Waals surface area (Å²) in [5.41, 5.74) is 4.59. The molecule has 0 fully saturated rings. The van der Waals surface area contributed by atoms with Gasteiger partial charge in [0.05, 0.1) is 5.56 Å². The highest BCUT2D eigenvalue weighted by Gasteiger charge is 2.19. The first-order valence-electron chi connectivity index (χ1n) is 7.73. The van der Waals surface area contributed by atoms with E-state index in [2.05, 4.69) is 88.5 Å². The highest BCUT2D eigenvalue weighted by molar-refractivity contribution is 5.62. The molecule has 0 saturated carbocycles. The molecule has 0 spiro atoms. The van der Waals surface area contributed by atoms with Gasteiger partial charge in [0.1, 0.15) is 11.9 Å². The fourth-order valence-corrected chi connectivity index (χ4v) is 2.78. The van der Waals surface area contributed by atoms with E-state index in [1.165, 1.54) is 11.1 Å². The van der Waals surface area contributed by atoms with Gasteiger partial charge in [-0.2, -0.15) is 4.57 Å². The fraction of sp³-hybridized carbons (Fsp3) is 0. The zero-order valence-electron chi connectivity index (χ0n) is 12.7. The molecular formula is C21H17N2+. The van der Waals surface area contributed by atoms with E-state index in [0.717, 1.165) is 17.2 Å². The van der Waals surface area contributed by atoms with E-state index >= 15 is 0 Å². The number of nitrogens with one attached hydrogen (secondary N) is 1. The van der Waals surface area contributed by atoms with Gasteiger partial charge in [0.15, 0.2) is 5.69 Å². The average molecular weight is 297 g/mol. The lowest BCUT2D eigenvalue weighted by Gasteiger charge is -1.99. The second kappa shape index (κ2) is 5.93. The molecule has 110 valence electrons. The Morgan fingerprint density at radius 1 is 0.565 bits per heavy atom. The van der Waals surface area contributed by atoms with Crippen LogP contribution in [0.5, 0.6) is 0 Å². The minimum Gasteiger partial charge on any atom is -0.236 e. The molecule has 2 nitrogen and oxygen atoms in total. The number of H-pyrrole nitrogens is 1. The normalized spacial score (nSPS) is 10.6. The van der Waals surface area contributed by atoms with E-state index in [-0.39, 0.29) is 0 Å². The Balaban J connectivity index is 1.91. The molecule has 1 heterocycles. The summed E-state index contributed by atoms with van der Waals surface area (Å²) in [6, 6.07) is 31.2. The minimum atomic E-state index is 1.08. The molecule has 4 rings (SSSR count). The van der Waals surface area contributed by atoms with E-state index in [9.17, 15) is 0 Å². The zero-order valence-corrected chi connectivity index (χ0v) is 12.7. The topological polar surface area (TPSA) is 19.7 Å². The lowest BCUT2D eigenvalue weighted by atomic mass is 10.2. The van der Waals surface area contributed by atoms with Crippen LogP contribution in [0.2, 0.25) is 0 Å². The van der Waals surface area contributed by atoms with Crippen LogP contribution >= 0.6 is 0 Å². The first-order valence-corrected chi connectivity index (χ1v) is 7.73. The first kappa shape index (κ1) is 13.5. The van der Waals surface area contributed by atoms with E-state index in [1.807, 2.05) is 18.2 Å². The standard InChI is InChI=1S/C21H16N2/c1-4-10-17(11-5-1)20-16-23(19-14-8-3-9-15-19)21(22-20)18-12-6-2-7-13-18/h1-16H/p+1. The maximum atomic E-state index is 3.58. The van der Waals surface area contributed by atoms with Crippen molar-refractivity contribution in [3.63, 3.8) is 0 Å². The molecule has 0 atom stereocenters. The molecule has 0 amide bonds. The summed E-state index contributed by atoms with van der Waals surface area (Å²) in [4.78, 5) is 3.58. The van der Waals surface area contributed by atoms with Gasteiger partial charge >= 0.3 is 0 Å². The van der Waals surface area contributed by atoms with E-state index in [0.29, 0.717) is 0 Å². The van der Waals surface area contributed by atoms with E-state index < -0.39 is 0 Å². The average Bonchev–Trinajstić information content (AvgIpc) is 3.09. The Morgan fingerprint density at radius 3 is 1.70 bits per heavy atom. The fourth-order valence-electron chi connectivity index (χ4n) is 2.78. The predicted octanol–water partition coefficient (Wildman–Crippen LogP) is 4.63. The van der Waals surface area contributed by atoms with Crippen molar-refractivity contribution in [2.75, 3.05) is 0 Å². The van der Waals surface area contributed by atoms with Crippen LogP contribution in [0.4, 0.5) is 0 Å². The number of nitrogens with zero attached hydrogens (tertiary/aromatic N) is 1. The summed E-state index contributed by atoms with van der Waals surface area (Å²) in [5.74, 6) is 1.08. The molecule has 0 aliphatic carbocycles. The Kier molecular flexibility index (Phi) is 3.49. The number of imidazole rings is 1. The number of aromatic nitrogens is 2. The highest BCUT2D eigenvalue weighted by atomic mass is 15.1. The Hall–Kier alpha value is -3.13. The summed E-state index contributed by atoms with van der Waals surface area (Å²) in [5, 5.41) is 0. The van der Waals surface area contributed by atoms with E-state index in [1.54, 1.807) is 0 Å². The van der Waals surface area contributed by atoms with Gasteiger partial charge in [0.2, 0.25) is 0 Å². The van der Waals surface area contributed by atoms with Crippen LogP contribution in [0.15, 0.2) is 97.2 Å². The number of para-hydroxylation sites is 1. The van der Waals surface area contributed by atoms with Crippen molar-refractivity contribution in [1.29, 1.82) is 0 Å². The summed E-state index contributed by atoms with van der Waals surface area (Å²) in [7, 11) is 0. The third-order valence-electron chi connectivity index (χ3n) is 3.92. The van der Waals surface area contributed by atoms with Crippen molar-refractivity contribution in [1.82, 2.24) is 4.98 Å². The largest absolute Gasteiger partial charge is 0.292 e. The lowest BCUT2D eigenvalue weighted by Crippen LogP contribution is -2.30. The van der Waals surface area contributed by atoms with Gasteiger partial charge in [-0.1, -0.05) is 66.7 Å². The van der Waals surface area contributed by atoms with Crippen molar-refractivity contribution >= 4 is 0 Å². The molecule has 0 aliphatic heterocycles. The summed E-state index contributed by atoms with van der Waals surface area (Å²) >= 11 is 0. The van der Waals surface area contributed by atoms with Crippen molar-refractivity contribution in [2.24, 2.45) is 0 Å². The lowest BCUT2D eigenvalue weighted by molar-refractivity contribution is -0.581. The summed E-state index contributed by atoms with van der Waals surface area (Å²) < 4.78 is 2.21. The predicted molar refractivity (Wildman–Crippen MR) is 93.2 cm³/mol. The Bertz CT molecular complexity index is 838. The van der Waals surface area contributed by atoms with Gasteiger partial charge in [0.25, 0.3) is 5.82 Å². The van der Waals surface area contributed by atoms with Gasteiger partial charge in [-0.25, -0.2) is 4.98 Å². The van der Waals surface area contributed by atoms with Gasteiger partial charge in [-0.3, -0.25) is 0 Å². The molecule has 23 heavy (non-hydrogen) atoms. The maximum Gasteiger partial charge on any atom is 0.292 e. The Labute approximate surface area is 135 Å². The Morgan fingerprint density at radius 2 is 1.09 bits per heavy atom. The molecule has 0 radical (unpaired) electrons.